The van der Waals surface area contributed by atoms with Crippen LogP contribution in [0.15, 0.2) is 24.3 Å². The average Bonchev–Trinajstić information content (AvgIpc) is 2.46. The molecule has 1 aromatic carbocycles. The molecule has 0 aliphatic heterocycles. The number of ether oxygens (including phenoxy) is 1. The van der Waals surface area contributed by atoms with E-state index >= 15 is 0 Å². The smallest absolute Gasteiger partial charge is 0.387 e. The Kier molecular flexibility index (Phi) is 7.68. The fourth-order valence-corrected chi connectivity index (χ4v) is 1.95. The van der Waals surface area contributed by atoms with Crippen molar-refractivity contribution >= 4 is 5.91 Å². The van der Waals surface area contributed by atoms with Gasteiger partial charge in [0.15, 0.2) is 0 Å². The molecule has 0 saturated heterocycles. The number of carbonyl (C=O) groups is 1. The van der Waals surface area contributed by atoms with Gasteiger partial charge in [0, 0.05) is 32.6 Å². The maximum atomic E-state index is 12.0. The third kappa shape index (κ3) is 6.53. The molecule has 0 unspecified atom stereocenters. The van der Waals surface area contributed by atoms with Crippen molar-refractivity contribution in [2.75, 3.05) is 19.6 Å². The standard InChI is InChI=1S/C15H22F2N2O2/c1-3-19(4-2)14(20)9-10-18-11-12-5-7-13(8-6-12)21-15(16)17/h5-8,15,18H,3-4,9-11H2,1-2H3. The van der Waals surface area contributed by atoms with Crippen LogP contribution in [0.25, 0.3) is 0 Å². The summed E-state index contributed by atoms with van der Waals surface area (Å²) in [5.74, 6) is 0.277. The number of amides is 1. The Balaban J connectivity index is 2.28. The van der Waals surface area contributed by atoms with Crippen LogP contribution in [0.4, 0.5) is 8.78 Å². The van der Waals surface area contributed by atoms with Crippen LogP contribution in [0.5, 0.6) is 5.75 Å². The van der Waals surface area contributed by atoms with E-state index in [-0.39, 0.29) is 11.7 Å². The van der Waals surface area contributed by atoms with Crippen LogP contribution < -0.4 is 10.1 Å². The van der Waals surface area contributed by atoms with Crippen molar-refractivity contribution in [1.82, 2.24) is 10.2 Å². The largest absolute Gasteiger partial charge is 0.435 e. The second-order valence-electron chi connectivity index (χ2n) is 4.52. The first-order valence-corrected chi connectivity index (χ1v) is 7.09. The highest BCUT2D eigenvalue weighted by Gasteiger charge is 2.08. The summed E-state index contributed by atoms with van der Waals surface area (Å²) >= 11 is 0. The number of nitrogens with zero attached hydrogens (tertiary/aromatic N) is 1. The van der Waals surface area contributed by atoms with Crippen molar-refractivity contribution < 1.29 is 18.3 Å². The van der Waals surface area contributed by atoms with Gasteiger partial charge in [-0.05, 0) is 31.5 Å². The molecule has 0 atom stereocenters. The number of hydrogen-bond donors (Lipinski definition) is 1. The maximum Gasteiger partial charge on any atom is 0.387 e. The van der Waals surface area contributed by atoms with E-state index in [1.54, 1.807) is 17.0 Å². The van der Waals surface area contributed by atoms with Crippen molar-refractivity contribution in [3.8, 4) is 5.75 Å². The van der Waals surface area contributed by atoms with Gasteiger partial charge in [-0.15, -0.1) is 0 Å². The number of rotatable bonds is 9. The van der Waals surface area contributed by atoms with Crippen molar-refractivity contribution in [1.29, 1.82) is 0 Å². The van der Waals surface area contributed by atoms with Crippen LogP contribution in [-0.4, -0.2) is 37.1 Å². The predicted molar refractivity (Wildman–Crippen MR) is 77.3 cm³/mol. The number of halogens is 2. The Morgan fingerprint density at radius 2 is 1.86 bits per heavy atom. The Labute approximate surface area is 124 Å². The summed E-state index contributed by atoms with van der Waals surface area (Å²) in [4.78, 5) is 13.6. The molecule has 21 heavy (non-hydrogen) atoms. The molecule has 0 saturated carbocycles. The second kappa shape index (κ2) is 9.28. The lowest BCUT2D eigenvalue weighted by Gasteiger charge is -2.18. The summed E-state index contributed by atoms with van der Waals surface area (Å²) in [6, 6.07) is 6.45. The average molecular weight is 300 g/mol. The number of carbonyl (C=O) groups excluding carboxylic acids is 1. The summed E-state index contributed by atoms with van der Waals surface area (Å²) < 4.78 is 28.3. The molecule has 6 heteroatoms. The number of alkyl halides is 2. The van der Waals surface area contributed by atoms with Crippen molar-refractivity contribution in [3.05, 3.63) is 29.8 Å². The van der Waals surface area contributed by atoms with Gasteiger partial charge >= 0.3 is 6.61 Å². The van der Waals surface area contributed by atoms with E-state index in [2.05, 4.69) is 10.1 Å². The zero-order chi connectivity index (χ0) is 15.7. The lowest BCUT2D eigenvalue weighted by molar-refractivity contribution is -0.130. The molecular formula is C15H22F2N2O2. The van der Waals surface area contributed by atoms with Gasteiger partial charge in [-0.1, -0.05) is 12.1 Å². The Hall–Kier alpha value is -1.69. The van der Waals surface area contributed by atoms with Gasteiger partial charge in [0.1, 0.15) is 5.75 Å². The summed E-state index contributed by atoms with van der Waals surface area (Å²) in [6.07, 6.45) is 0.453. The number of nitrogens with one attached hydrogen (secondary N) is 1. The minimum Gasteiger partial charge on any atom is -0.435 e. The molecule has 0 aliphatic rings. The molecule has 1 rings (SSSR count). The highest BCUT2D eigenvalue weighted by Crippen LogP contribution is 2.14. The quantitative estimate of drug-likeness (QED) is 0.713. The van der Waals surface area contributed by atoms with Crippen LogP contribution in [0, 0.1) is 0 Å². The van der Waals surface area contributed by atoms with E-state index in [9.17, 15) is 13.6 Å². The molecule has 0 heterocycles. The Morgan fingerprint density at radius 3 is 2.38 bits per heavy atom. The van der Waals surface area contributed by atoms with Crippen LogP contribution >= 0.6 is 0 Å². The lowest BCUT2D eigenvalue weighted by atomic mass is 10.2. The van der Waals surface area contributed by atoms with Gasteiger partial charge in [0.25, 0.3) is 0 Å². The molecule has 1 aromatic rings. The van der Waals surface area contributed by atoms with E-state index in [0.29, 0.717) is 19.5 Å². The second-order valence-corrected chi connectivity index (χ2v) is 4.52. The summed E-state index contributed by atoms with van der Waals surface area (Å²) in [5, 5.41) is 3.16. The van der Waals surface area contributed by atoms with Crippen molar-refractivity contribution in [2.45, 2.75) is 33.4 Å². The van der Waals surface area contributed by atoms with Gasteiger partial charge in [-0.3, -0.25) is 4.79 Å². The Morgan fingerprint density at radius 1 is 1.24 bits per heavy atom. The van der Waals surface area contributed by atoms with E-state index < -0.39 is 6.61 Å². The van der Waals surface area contributed by atoms with E-state index in [4.69, 9.17) is 0 Å². The molecule has 1 amide bonds. The molecular weight excluding hydrogens is 278 g/mol. The molecule has 0 aliphatic carbocycles. The van der Waals surface area contributed by atoms with Gasteiger partial charge in [0.05, 0.1) is 0 Å². The van der Waals surface area contributed by atoms with Crippen LogP contribution in [-0.2, 0) is 11.3 Å². The molecule has 0 bridgehead atoms. The highest BCUT2D eigenvalue weighted by molar-refractivity contribution is 5.76. The van der Waals surface area contributed by atoms with Gasteiger partial charge in [0.2, 0.25) is 5.91 Å². The minimum atomic E-state index is -2.81. The molecule has 0 spiro atoms. The molecule has 4 nitrogen and oxygen atoms in total. The number of hydrogen-bond acceptors (Lipinski definition) is 3. The normalized spacial score (nSPS) is 10.7. The lowest BCUT2D eigenvalue weighted by Crippen LogP contribution is -2.32. The topological polar surface area (TPSA) is 41.6 Å². The molecule has 0 radical (unpaired) electrons. The zero-order valence-electron chi connectivity index (χ0n) is 12.4. The first kappa shape index (κ1) is 17.4. The van der Waals surface area contributed by atoms with E-state index in [0.717, 1.165) is 18.7 Å². The molecule has 118 valence electrons. The number of benzene rings is 1. The third-order valence-corrected chi connectivity index (χ3v) is 3.11. The van der Waals surface area contributed by atoms with Crippen molar-refractivity contribution in [2.24, 2.45) is 0 Å². The molecule has 0 aromatic heterocycles. The van der Waals surface area contributed by atoms with Crippen LogP contribution in [0.2, 0.25) is 0 Å². The summed E-state index contributed by atoms with van der Waals surface area (Å²) in [5.41, 5.74) is 0.951. The molecule has 0 fully saturated rings. The van der Waals surface area contributed by atoms with Crippen LogP contribution in [0.3, 0.4) is 0 Å². The van der Waals surface area contributed by atoms with E-state index in [1.165, 1.54) is 12.1 Å². The SMILES string of the molecule is CCN(CC)C(=O)CCNCc1ccc(OC(F)F)cc1. The zero-order valence-corrected chi connectivity index (χ0v) is 12.4. The van der Waals surface area contributed by atoms with Gasteiger partial charge in [-0.2, -0.15) is 8.78 Å². The summed E-state index contributed by atoms with van der Waals surface area (Å²) in [6.45, 7) is 3.72. The Bertz CT molecular complexity index is 420. The fourth-order valence-electron chi connectivity index (χ4n) is 1.95. The first-order valence-electron chi connectivity index (χ1n) is 7.09. The van der Waals surface area contributed by atoms with E-state index in [1.807, 2.05) is 13.8 Å². The van der Waals surface area contributed by atoms with Crippen molar-refractivity contribution in [3.63, 3.8) is 0 Å². The van der Waals surface area contributed by atoms with Gasteiger partial charge in [-0.25, -0.2) is 0 Å². The minimum absolute atomic E-state index is 0.133. The third-order valence-electron chi connectivity index (χ3n) is 3.11. The fraction of sp³-hybridized carbons (Fsp3) is 0.533. The van der Waals surface area contributed by atoms with Crippen LogP contribution in [0.1, 0.15) is 25.8 Å². The maximum absolute atomic E-state index is 12.0. The first-order chi connectivity index (χ1) is 10.1. The predicted octanol–water partition coefficient (Wildman–Crippen LogP) is 2.64. The molecule has 1 N–H and O–H groups in total. The summed E-state index contributed by atoms with van der Waals surface area (Å²) in [7, 11) is 0. The van der Waals surface area contributed by atoms with Gasteiger partial charge < -0.3 is 15.0 Å². The monoisotopic (exact) mass is 300 g/mol. The highest BCUT2D eigenvalue weighted by atomic mass is 19.3.